The van der Waals surface area contributed by atoms with E-state index in [1.807, 2.05) is 0 Å². The standard InChI is InChI=1S/C14H16ClNO3/c1-9-4-5-10(15)8-11(9)12(17)16-14(13(18)19)6-2-3-7-14/h4-5,8H,2-3,6-7H2,1H3,(H,16,17)(H,18,19). The van der Waals surface area contributed by atoms with E-state index in [0.717, 1.165) is 18.4 Å². The monoisotopic (exact) mass is 281 g/mol. The number of halogens is 1. The first-order chi connectivity index (χ1) is 8.94. The van der Waals surface area contributed by atoms with Crippen LogP contribution >= 0.6 is 11.6 Å². The smallest absolute Gasteiger partial charge is 0.329 e. The molecule has 0 unspecified atom stereocenters. The molecule has 0 spiro atoms. The van der Waals surface area contributed by atoms with Crippen LogP contribution in [0.4, 0.5) is 0 Å². The van der Waals surface area contributed by atoms with Gasteiger partial charge in [-0.15, -0.1) is 0 Å². The molecule has 1 amide bonds. The topological polar surface area (TPSA) is 66.4 Å². The predicted molar refractivity (Wildman–Crippen MR) is 72.5 cm³/mol. The molecule has 19 heavy (non-hydrogen) atoms. The molecule has 0 radical (unpaired) electrons. The van der Waals surface area contributed by atoms with Gasteiger partial charge in [0.05, 0.1) is 0 Å². The molecule has 2 N–H and O–H groups in total. The molecule has 1 aromatic carbocycles. The fourth-order valence-electron chi connectivity index (χ4n) is 2.49. The lowest BCUT2D eigenvalue weighted by atomic mass is 9.96. The molecule has 0 aliphatic heterocycles. The third kappa shape index (κ3) is 2.73. The maximum Gasteiger partial charge on any atom is 0.329 e. The van der Waals surface area contributed by atoms with Crippen LogP contribution in [-0.2, 0) is 4.79 Å². The zero-order valence-electron chi connectivity index (χ0n) is 10.7. The zero-order chi connectivity index (χ0) is 14.0. The normalized spacial score (nSPS) is 17.2. The Kier molecular flexibility index (Phi) is 3.80. The highest BCUT2D eigenvalue weighted by atomic mass is 35.5. The van der Waals surface area contributed by atoms with Crippen molar-refractivity contribution in [3.63, 3.8) is 0 Å². The molecule has 5 heteroatoms. The van der Waals surface area contributed by atoms with Crippen molar-refractivity contribution in [2.24, 2.45) is 0 Å². The largest absolute Gasteiger partial charge is 0.480 e. The lowest BCUT2D eigenvalue weighted by Gasteiger charge is -2.25. The molecule has 0 atom stereocenters. The number of nitrogens with one attached hydrogen (secondary N) is 1. The van der Waals surface area contributed by atoms with Crippen molar-refractivity contribution in [3.8, 4) is 0 Å². The third-order valence-electron chi connectivity index (χ3n) is 3.66. The minimum atomic E-state index is -1.12. The minimum Gasteiger partial charge on any atom is -0.480 e. The summed E-state index contributed by atoms with van der Waals surface area (Å²) in [5, 5.41) is 12.5. The summed E-state index contributed by atoms with van der Waals surface area (Å²) in [5.41, 5.74) is 0.0896. The van der Waals surface area contributed by atoms with E-state index in [-0.39, 0.29) is 5.91 Å². The Morgan fingerprint density at radius 3 is 2.53 bits per heavy atom. The molecule has 102 valence electrons. The Bertz CT molecular complexity index is 521. The van der Waals surface area contributed by atoms with E-state index in [0.29, 0.717) is 23.4 Å². The summed E-state index contributed by atoms with van der Waals surface area (Å²) in [6.07, 6.45) is 2.60. The molecule has 0 aromatic heterocycles. The van der Waals surface area contributed by atoms with E-state index < -0.39 is 11.5 Å². The van der Waals surface area contributed by atoms with E-state index >= 15 is 0 Å². The molecule has 0 saturated heterocycles. The molecule has 1 saturated carbocycles. The number of carbonyl (C=O) groups is 2. The van der Waals surface area contributed by atoms with Gasteiger partial charge in [0, 0.05) is 10.6 Å². The molecule has 1 aromatic rings. The lowest BCUT2D eigenvalue weighted by molar-refractivity contribution is -0.144. The van der Waals surface area contributed by atoms with Crippen LogP contribution in [0.25, 0.3) is 0 Å². The van der Waals surface area contributed by atoms with Gasteiger partial charge in [-0.1, -0.05) is 30.5 Å². The summed E-state index contributed by atoms with van der Waals surface area (Å²) >= 11 is 5.88. The van der Waals surface area contributed by atoms with E-state index in [1.54, 1.807) is 25.1 Å². The first-order valence-corrected chi connectivity index (χ1v) is 6.64. The number of carbonyl (C=O) groups excluding carboxylic acids is 1. The number of amides is 1. The number of hydrogen-bond donors (Lipinski definition) is 2. The molecular formula is C14H16ClNO3. The van der Waals surface area contributed by atoms with Crippen LogP contribution in [0.1, 0.15) is 41.6 Å². The van der Waals surface area contributed by atoms with Crippen LogP contribution in [-0.4, -0.2) is 22.5 Å². The second-order valence-corrected chi connectivity index (χ2v) is 5.44. The molecule has 2 rings (SSSR count). The van der Waals surface area contributed by atoms with Crippen molar-refractivity contribution >= 4 is 23.5 Å². The number of hydrogen-bond acceptors (Lipinski definition) is 2. The summed E-state index contributed by atoms with van der Waals surface area (Å²) in [6, 6.07) is 5.02. The molecule has 0 heterocycles. The Hall–Kier alpha value is -1.55. The van der Waals surface area contributed by atoms with E-state index in [4.69, 9.17) is 11.6 Å². The van der Waals surface area contributed by atoms with Crippen LogP contribution in [0.3, 0.4) is 0 Å². The van der Waals surface area contributed by atoms with Crippen LogP contribution in [0, 0.1) is 6.92 Å². The number of carboxylic acid groups (broad SMARTS) is 1. The molecule has 1 aliphatic rings. The fraction of sp³-hybridized carbons (Fsp3) is 0.429. The quantitative estimate of drug-likeness (QED) is 0.895. The van der Waals surface area contributed by atoms with E-state index in [2.05, 4.69) is 5.32 Å². The van der Waals surface area contributed by atoms with Gasteiger partial charge in [0.2, 0.25) is 0 Å². The van der Waals surface area contributed by atoms with Crippen LogP contribution in [0.15, 0.2) is 18.2 Å². The highest BCUT2D eigenvalue weighted by Gasteiger charge is 2.42. The Balaban J connectivity index is 2.25. The number of aryl methyl sites for hydroxylation is 1. The average molecular weight is 282 g/mol. The summed E-state index contributed by atoms with van der Waals surface area (Å²) in [7, 11) is 0. The summed E-state index contributed by atoms with van der Waals surface area (Å²) in [5.74, 6) is -1.33. The maximum absolute atomic E-state index is 12.3. The van der Waals surface area contributed by atoms with Crippen LogP contribution in [0.5, 0.6) is 0 Å². The maximum atomic E-state index is 12.3. The van der Waals surface area contributed by atoms with Crippen molar-refractivity contribution in [3.05, 3.63) is 34.3 Å². The molecule has 4 nitrogen and oxygen atoms in total. The van der Waals surface area contributed by atoms with Gasteiger partial charge in [-0.2, -0.15) is 0 Å². The van der Waals surface area contributed by atoms with Gasteiger partial charge < -0.3 is 10.4 Å². The predicted octanol–water partition coefficient (Wildman–Crippen LogP) is 2.78. The zero-order valence-corrected chi connectivity index (χ0v) is 11.5. The number of carboxylic acids is 1. The van der Waals surface area contributed by atoms with Crippen LogP contribution < -0.4 is 5.32 Å². The van der Waals surface area contributed by atoms with Gasteiger partial charge in [0.25, 0.3) is 5.91 Å². The highest BCUT2D eigenvalue weighted by molar-refractivity contribution is 6.31. The minimum absolute atomic E-state index is 0.371. The first-order valence-electron chi connectivity index (χ1n) is 6.27. The van der Waals surface area contributed by atoms with Gasteiger partial charge in [-0.25, -0.2) is 4.79 Å². The number of rotatable bonds is 3. The van der Waals surface area contributed by atoms with Gasteiger partial charge in [-0.05, 0) is 37.5 Å². The number of aliphatic carboxylic acids is 1. The summed E-state index contributed by atoms with van der Waals surface area (Å²) in [4.78, 5) is 23.7. The molecular weight excluding hydrogens is 266 g/mol. The summed E-state index contributed by atoms with van der Waals surface area (Å²) in [6.45, 7) is 1.80. The van der Waals surface area contributed by atoms with Gasteiger partial charge >= 0.3 is 5.97 Å². The van der Waals surface area contributed by atoms with Crippen molar-refractivity contribution in [2.45, 2.75) is 38.1 Å². The molecule has 1 fully saturated rings. The first kappa shape index (κ1) is 13.9. The number of benzene rings is 1. The second kappa shape index (κ2) is 5.21. The fourth-order valence-corrected chi connectivity index (χ4v) is 2.67. The molecule has 0 bridgehead atoms. The van der Waals surface area contributed by atoms with Crippen molar-refractivity contribution in [2.75, 3.05) is 0 Å². The second-order valence-electron chi connectivity index (χ2n) is 5.01. The Morgan fingerprint density at radius 1 is 1.32 bits per heavy atom. The van der Waals surface area contributed by atoms with Crippen molar-refractivity contribution in [1.82, 2.24) is 5.32 Å². The molecule has 1 aliphatic carbocycles. The van der Waals surface area contributed by atoms with Crippen LogP contribution in [0.2, 0.25) is 5.02 Å². The van der Waals surface area contributed by atoms with Crippen molar-refractivity contribution in [1.29, 1.82) is 0 Å². The lowest BCUT2D eigenvalue weighted by Crippen LogP contribution is -2.52. The SMILES string of the molecule is Cc1ccc(Cl)cc1C(=O)NC1(C(=O)O)CCCC1. The van der Waals surface area contributed by atoms with E-state index in [1.165, 1.54) is 0 Å². The Labute approximate surface area is 116 Å². The van der Waals surface area contributed by atoms with Gasteiger partial charge in [-0.3, -0.25) is 4.79 Å². The average Bonchev–Trinajstić information content (AvgIpc) is 2.82. The highest BCUT2D eigenvalue weighted by Crippen LogP contribution is 2.30. The Morgan fingerprint density at radius 2 is 1.95 bits per heavy atom. The van der Waals surface area contributed by atoms with Crippen molar-refractivity contribution < 1.29 is 14.7 Å². The van der Waals surface area contributed by atoms with E-state index in [9.17, 15) is 14.7 Å². The van der Waals surface area contributed by atoms with Gasteiger partial charge in [0.15, 0.2) is 0 Å². The van der Waals surface area contributed by atoms with Gasteiger partial charge in [0.1, 0.15) is 5.54 Å². The third-order valence-corrected chi connectivity index (χ3v) is 3.90. The summed E-state index contributed by atoms with van der Waals surface area (Å²) < 4.78 is 0.